The molecule has 0 aliphatic carbocycles. The van der Waals surface area contributed by atoms with E-state index in [0.717, 1.165) is 76.5 Å². The number of rotatable bonds is 25. The van der Waals surface area contributed by atoms with Gasteiger partial charge in [0.25, 0.3) is 0 Å². The molecule has 0 bridgehead atoms. The van der Waals surface area contributed by atoms with E-state index in [9.17, 15) is 19.8 Å². The van der Waals surface area contributed by atoms with Crippen LogP contribution in [0, 0.1) is 24.7 Å². The number of nitrogens with zero attached hydrogens (tertiary/aromatic N) is 9. The van der Waals surface area contributed by atoms with Gasteiger partial charge in [0.1, 0.15) is 32.2 Å². The molecule has 0 radical (unpaired) electrons. The number of hydrogen-bond donors (Lipinski definition) is 3. The second kappa shape index (κ2) is 25.0. The Hall–Kier alpha value is -6.80. The van der Waals surface area contributed by atoms with E-state index in [1.165, 1.54) is 0 Å². The molecule has 0 unspecified atom stereocenters. The summed E-state index contributed by atoms with van der Waals surface area (Å²) in [7, 11) is -1.19. The van der Waals surface area contributed by atoms with Crippen molar-refractivity contribution in [3.63, 3.8) is 0 Å². The van der Waals surface area contributed by atoms with Crippen molar-refractivity contribution in [2.24, 2.45) is 10.8 Å². The van der Waals surface area contributed by atoms with Gasteiger partial charge in [0.2, 0.25) is 11.8 Å². The predicted octanol–water partition coefficient (Wildman–Crippen LogP) is 10.4. The molecule has 0 saturated heterocycles. The average Bonchev–Trinajstić information content (AvgIpc) is 3.99. The van der Waals surface area contributed by atoms with Gasteiger partial charge in [0, 0.05) is 73.9 Å². The molecular formula is C52H72N10O9Si. The Morgan fingerprint density at radius 2 is 1.19 bits per heavy atom. The van der Waals surface area contributed by atoms with Gasteiger partial charge < -0.3 is 33.9 Å². The number of carboxylic acids is 2. The summed E-state index contributed by atoms with van der Waals surface area (Å²) < 4.78 is 30.8. The fraction of sp³-hybridized carbons (Fsp3) is 0.500. The smallest absolute Gasteiger partial charge is 0.336 e. The van der Waals surface area contributed by atoms with Crippen LogP contribution in [0.1, 0.15) is 92.2 Å². The number of carbonyl (C=O) groups is 2. The second-order valence-electron chi connectivity index (χ2n) is 20.1. The van der Waals surface area contributed by atoms with Crippen molar-refractivity contribution in [1.82, 2.24) is 49.9 Å². The lowest BCUT2D eigenvalue weighted by atomic mass is 9.95. The topological polar surface area (TPSA) is 245 Å². The molecule has 0 fully saturated rings. The van der Waals surface area contributed by atoms with Crippen molar-refractivity contribution in [1.29, 1.82) is 0 Å². The lowest BCUT2D eigenvalue weighted by molar-refractivity contribution is -0.149. The Labute approximate surface area is 423 Å². The van der Waals surface area contributed by atoms with Crippen molar-refractivity contribution in [3.05, 3.63) is 72.3 Å². The second-order valence-corrected chi connectivity index (χ2v) is 25.8. The van der Waals surface area contributed by atoms with E-state index < -0.39 is 30.8 Å². The van der Waals surface area contributed by atoms with Gasteiger partial charge in [0.15, 0.2) is 11.6 Å². The zero-order valence-electron chi connectivity index (χ0n) is 44.1. The maximum atomic E-state index is 11.3. The summed E-state index contributed by atoms with van der Waals surface area (Å²) in [5, 5.41) is 30.2. The maximum Gasteiger partial charge on any atom is 0.336 e. The normalized spacial score (nSPS) is 11.9. The molecule has 6 aromatic heterocycles. The van der Waals surface area contributed by atoms with E-state index >= 15 is 0 Å². The number of aromatic nitrogens is 10. The molecule has 388 valence electrons. The molecule has 0 aliphatic heterocycles. The Morgan fingerprint density at radius 3 is 1.64 bits per heavy atom. The Bertz CT molecular complexity index is 2690. The zero-order valence-corrected chi connectivity index (χ0v) is 45.1. The molecule has 6 rings (SSSR count). The third-order valence-corrected chi connectivity index (χ3v) is 13.5. The number of hydrogen-bond acceptors (Lipinski definition) is 15. The molecule has 0 aromatic carbocycles. The van der Waals surface area contributed by atoms with Crippen molar-refractivity contribution in [2.75, 3.05) is 19.8 Å². The third-order valence-electron chi connectivity index (χ3n) is 11.8. The molecule has 0 amide bonds. The first-order chi connectivity index (χ1) is 34.1. The summed E-state index contributed by atoms with van der Waals surface area (Å²) in [6.45, 7) is 26.6. The van der Waals surface area contributed by atoms with E-state index in [1.807, 2.05) is 38.1 Å². The highest BCUT2D eigenvalue weighted by Crippen LogP contribution is 2.29. The zero-order chi connectivity index (χ0) is 52.8. The van der Waals surface area contributed by atoms with Crippen LogP contribution >= 0.6 is 0 Å². The number of aryl methyl sites for hydroxylation is 2. The molecule has 0 aliphatic rings. The van der Waals surface area contributed by atoms with E-state index in [-0.39, 0.29) is 32.2 Å². The van der Waals surface area contributed by atoms with Gasteiger partial charge in [-0.25, -0.2) is 9.97 Å². The Kier molecular flexibility index (Phi) is 19.5. The van der Waals surface area contributed by atoms with Crippen molar-refractivity contribution >= 4 is 20.0 Å². The molecular weight excluding hydrogens is 937 g/mol. The predicted molar refractivity (Wildman–Crippen MR) is 277 cm³/mol. The van der Waals surface area contributed by atoms with Crippen LogP contribution in [0.15, 0.2) is 61.2 Å². The monoisotopic (exact) mass is 1010 g/mol. The molecule has 3 N–H and O–H groups in total. The summed E-state index contributed by atoms with van der Waals surface area (Å²) in [5.41, 5.74) is 4.60. The minimum absolute atomic E-state index is 0.0209. The summed E-state index contributed by atoms with van der Waals surface area (Å²) in [6.07, 6.45) is 10.5. The van der Waals surface area contributed by atoms with E-state index in [4.69, 9.17) is 23.7 Å². The first kappa shape index (κ1) is 56.1. The standard InChI is InChI=1S/C29H43N5O5Si.C23H29N5O4/c1-9-22(10-2)39-28-32-26(33-34(28)19-37-13-14-40(6,7)8)21-11-12-24(30-16-21)23-17-31-25(15-20(23)3)38-18-29(4,5)27(35)36;1-6-16(7-2)32-22-26-20(27-28-22)15-8-9-18(24-11-15)17-12-25-19(10-14(17)3)31-13-23(4,5)21(29)30/h11-12,15-17,22H,9-10,13-14,18-19H2,1-8H3,(H,35,36);8-12,16H,6-7,13H2,1-5H3,(H,29,30)(H,26,27,28). The molecule has 20 heteroatoms. The van der Waals surface area contributed by atoms with Crippen LogP contribution in [0.25, 0.3) is 45.3 Å². The number of carboxylic acid groups (broad SMARTS) is 2. The van der Waals surface area contributed by atoms with E-state index in [0.29, 0.717) is 42.0 Å². The largest absolute Gasteiger partial charge is 0.481 e. The van der Waals surface area contributed by atoms with Crippen LogP contribution in [0.3, 0.4) is 0 Å². The van der Waals surface area contributed by atoms with Crippen molar-refractivity contribution < 1.29 is 43.5 Å². The lowest BCUT2D eigenvalue weighted by Crippen LogP contribution is -2.30. The van der Waals surface area contributed by atoms with Crippen molar-refractivity contribution in [3.8, 4) is 69.1 Å². The van der Waals surface area contributed by atoms with Gasteiger partial charge in [-0.3, -0.25) is 24.7 Å². The lowest BCUT2D eigenvalue weighted by Gasteiger charge is -2.19. The highest BCUT2D eigenvalue weighted by Gasteiger charge is 2.29. The number of H-pyrrole nitrogens is 1. The fourth-order valence-electron chi connectivity index (χ4n) is 6.55. The number of aliphatic carboxylic acids is 2. The van der Waals surface area contributed by atoms with Crippen LogP contribution in [0.2, 0.25) is 25.7 Å². The SMILES string of the molecule is CCC(CC)Oc1n[nH]c(-c2ccc(-c3cnc(OCC(C)(C)C(=O)O)cc3C)nc2)n1.CCC(CC)Oc1nc(-c2ccc(-c3cnc(OCC(C)(C)C(=O)O)cc3C)nc2)nn1COCC[Si](C)(C)C. The first-order valence-corrected chi connectivity index (χ1v) is 28.1. The molecule has 19 nitrogen and oxygen atoms in total. The van der Waals surface area contributed by atoms with Gasteiger partial charge in [-0.05, 0) is 109 Å². The number of nitrogens with one attached hydrogen (secondary N) is 1. The van der Waals surface area contributed by atoms with Gasteiger partial charge >= 0.3 is 24.0 Å². The molecule has 72 heavy (non-hydrogen) atoms. The van der Waals surface area contributed by atoms with Crippen LogP contribution in [-0.4, -0.2) is 112 Å². The number of ether oxygens (including phenoxy) is 5. The highest BCUT2D eigenvalue weighted by atomic mass is 28.3. The van der Waals surface area contributed by atoms with Gasteiger partial charge in [-0.15, -0.1) is 10.2 Å². The van der Waals surface area contributed by atoms with Crippen LogP contribution in [0.5, 0.6) is 23.8 Å². The first-order valence-electron chi connectivity index (χ1n) is 24.4. The van der Waals surface area contributed by atoms with Crippen LogP contribution < -0.4 is 18.9 Å². The maximum absolute atomic E-state index is 11.3. The molecule has 6 aromatic rings. The summed E-state index contributed by atoms with van der Waals surface area (Å²) in [4.78, 5) is 49.5. The average molecular weight is 1010 g/mol. The minimum atomic E-state index is -1.19. The van der Waals surface area contributed by atoms with E-state index in [1.54, 1.807) is 69.3 Å². The molecule has 6 heterocycles. The van der Waals surface area contributed by atoms with Gasteiger partial charge in [-0.1, -0.05) is 47.3 Å². The number of aromatic amines is 1. The van der Waals surface area contributed by atoms with Gasteiger partial charge in [-0.2, -0.15) is 14.6 Å². The van der Waals surface area contributed by atoms with Crippen LogP contribution in [0.4, 0.5) is 0 Å². The van der Waals surface area contributed by atoms with Crippen LogP contribution in [-0.2, 0) is 21.1 Å². The number of pyridine rings is 4. The summed E-state index contributed by atoms with van der Waals surface area (Å²) in [5.74, 6) is 0.0188. The van der Waals surface area contributed by atoms with E-state index in [2.05, 4.69) is 92.5 Å². The van der Waals surface area contributed by atoms with Crippen molar-refractivity contribution in [2.45, 2.75) is 140 Å². The Balaban J connectivity index is 0.000000274. The minimum Gasteiger partial charge on any atom is -0.481 e. The van der Waals surface area contributed by atoms with Gasteiger partial charge in [0.05, 0.1) is 22.2 Å². The third kappa shape index (κ3) is 15.8. The highest BCUT2D eigenvalue weighted by molar-refractivity contribution is 6.76. The fourth-order valence-corrected chi connectivity index (χ4v) is 7.31. The Morgan fingerprint density at radius 1 is 0.694 bits per heavy atom. The molecule has 0 saturated carbocycles. The quantitative estimate of drug-likeness (QED) is 0.0356. The summed E-state index contributed by atoms with van der Waals surface area (Å²) >= 11 is 0. The molecule has 0 spiro atoms. The summed E-state index contributed by atoms with van der Waals surface area (Å²) in [6, 6.07) is 13.0. The molecule has 0 atom stereocenters.